The van der Waals surface area contributed by atoms with Gasteiger partial charge in [-0.25, -0.2) is 0 Å². The molecule has 2 fully saturated rings. The Hall–Kier alpha value is -2.02. The number of morpholine rings is 1. The van der Waals surface area contributed by atoms with E-state index in [2.05, 4.69) is 16.0 Å². The molecule has 0 bridgehead atoms. The molecule has 6 nitrogen and oxygen atoms in total. The third-order valence-corrected chi connectivity index (χ3v) is 6.24. The van der Waals surface area contributed by atoms with Crippen molar-refractivity contribution in [2.45, 2.75) is 31.9 Å². The van der Waals surface area contributed by atoms with Crippen LogP contribution in [0.4, 0.5) is 0 Å². The highest BCUT2D eigenvalue weighted by molar-refractivity contribution is 5.86. The van der Waals surface area contributed by atoms with E-state index >= 15 is 0 Å². The van der Waals surface area contributed by atoms with Crippen molar-refractivity contribution in [2.75, 3.05) is 39.4 Å². The average molecular weight is 383 g/mol. The molecule has 3 heterocycles. The number of fused-ring (bicyclic) bond motifs is 1. The molecule has 2 aliphatic heterocycles. The molecule has 2 atom stereocenters. The van der Waals surface area contributed by atoms with Crippen LogP contribution in [0.2, 0.25) is 0 Å². The van der Waals surface area contributed by atoms with E-state index in [-0.39, 0.29) is 11.8 Å². The third-order valence-electron chi connectivity index (χ3n) is 6.24. The normalized spacial score (nSPS) is 24.0. The van der Waals surface area contributed by atoms with E-state index in [9.17, 15) is 9.90 Å². The molecule has 2 aromatic rings. The van der Waals surface area contributed by atoms with Crippen molar-refractivity contribution in [1.82, 2.24) is 14.8 Å². The number of rotatable bonds is 4. The number of pyridine rings is 1. The molecule has 0 unspecified atom stereocenters. The van der Waals surface area contributed by atoms with E-state index in [4.69, 9.17) is 4.74 Å². The van der Waals surface area contributed by atoms with Crippen LogP contribution in [0, 0.1) is 5.92 Å². The second kappa shape index (κ2) is 7.78. The first-order valence-electron chi connectivity index (χ1n) is 10.1. The highest BCUT2D eigenvalue weighted by Gasteiger charge is 2.43. The summed E-state index contributed by atoms with van der Waals surface area (Å²) in [7, 11) is 0. The summed E-state index contributed by atoms with van der Waals surface area (Å²) in [4.78, 5) is 21.7. The first-order valence-corrected chi connectivity index (χ1v) is 10.1. The van der Waals surface area contributed by atoms with Crippen molar-refractivity contribution in [1.29, 1.82) is 0 Å². The zero-order valence-corrected chi connectivity index (χ0v) is 16.7. The van der Waals surface area contributed by atoms with Crippen LogP contribution in [0.5, 0.6) is 0 Å². The molecular formula is C22H29N3O3. The van der Waals surface area contributed by atoms with E-state index in [0.717, 1.165) is 30.4 Å². The SMILES string of the molecule is CC(C)(C(=O)N1C[C@@H](Cc2ccnc3ccccc23)[C@@H](O)C1)N1CCOCC1. The Morgan fingerprint density at radius 3 is 2.75 bits per heavy atom. The van der Waals surface area contributed by atoms with Crippen LogP contribution in [0.3, 0.4) is 0 Å². The summed E-state index contributed by atoms with van der Waals surface area (Å²) in [6.45, 7) is 7.81. The Labute approximate surface area is 166 Å². The number of carbonyl (C=O) groups excluding carboxylic acids is 1. The molecule has 1 aromatic heterocycles. The van der Waals surface area contributed by atoms with Gasteiger partial charge in [0.05, 0.1) is 30.4 Å². The fourth-order valence-electron chi connectivity index (χ4n) is 4.48. The first kappa shape index (κ1) is 19.3. The number of aliphatic hydroxyl groups is 1. The van der Waals surface area contributed by atoms with E-state index in [1.165, 1.54) is 5.56 Å². The second-order valence-electron chi connectivity index (χ2n) is 8.39. The molecule has 2 aliphatic rings. The molecule has 150 valence electrons. The molecule has 28 heavy (non-hydrogen) atoms. The minimum Gasteiger partial charge on any atom is -0.391 e. The maximum Gasteiger partial charge on any atom is 0.242 e. The molecule has 1 amide bonds. The van der Waals surface area contributed by atoms with E-state index in [1.54, 1.807) is 0 Å². The van der Waals surface area contributed by atoms with Crippen LogP contribution in [0.15, 0.2) is 36.5 Å². The van der Waals surface area contributed by atoms with Gasteiger partial charge in [0.1, 0.15) is 0 Å². The summed E-state index contributed by atoms with van der Waals surface area (Å²) >= 11 is 0. The van der Waals surface area contributed by atoms with Gasteiger partial charge in [0.15, 0.2) is 0 Å². The number of amides is 1. The number of benzene rings is 1. The third kappa shape index (κ3) is 3.64. The van der Waals surface area contributed by atoms with Crippen molar-refractivity contribution < 1.29 is 14.6 Å². The van der Waals surface area contributed by atoms with E-state index in [0.29, 0.717) is 26.3 Å². The number of β-amino-alcohol motifs (C(OH)–C–C–N with tert-alkyl or cyclic N) is 1. The minimum atomic E-state index is -0.582. The predicted molar refractivity (Wildman–Crippen MR) is 108 cm³/mol. The predicted octanol–water partition coefficient (Wildman–Crippen LogP) is 1.71. The Morgan fingerprint density at radius 1 is 1.21 bits per heavy atom. The number of hydrogen-bond donors (Lipinski definition) is 1. The number of nitrogens with zero attached hydrogens (tertiary/aromatic N) is 3. The molecule has 0 spiro atoms. The molecular weight excluding hydrogens is 354 g/mol. The van der Waals surface area contributed by atoms with Gasteiger partial charge >= 0.3 is 0 Å². The number of aromatic nitrogens is 1. The summed E-state index contributed by atoms with van der Waals surface area (Å²) in [6, 6.07) is 10.1. The van der Waals surface area contributed by atoms with Crippen LogP contribution in [-0.2, 0) is 16.0 Å². The van der Waals surface area contributed by atoms with Gasteiger partial charge in [-0.1, -0.05) is 18.2 Å². The minimum absolute atomic E-state index is 0.0373. The Bertz CT molecular complexity index is 843. The van der Waals surface area contributed by atoms with Crippen molar-refractivity contribution in [2.24, 2.45) is 5.92 Å². The Kier molecular flexibility index (Phi) is 5.36. The second-order valence-corrected chi connectivity index (χ2v) is 8.39. The molecule has 1 N–H and O–H groups in total. The molecule has 0 radical (unpaired) electrons. The number of aliphatic hydroxyl groups excluding tert-OH is 1. The van der Waals surface area contributed by atoms with Gasteiger partial charge in [0.25, 0.3) is 0 Å². The standard InChI is InChI=1S/C22H29N3O3/c1-22(2,25-9-11-28-12-10-25)21(27)24-14-17(20(26)15-24)13-16-7-8-23-19-6-4-3-5-18(16)19/h3-8,17,20,26H,9-15H2,1-2H3/t17-,20+/m1/s1. The van der Waals surface area contributed by atoms with E-state index < -0.39 is 11.6 Å². The molecule has 4 rings (SSSR count). The smallest absolute Gasteiger partial charge is 0.242 e. The van der Waals surface area contributed by atoms with Crippen LogP contribution >= 0.6 is 0 Å². The highest BCUT2D eigenvalue weighted by atomic mass is 16.5. The quantitative estimate of drug-likeness (QED) is 0.871. The summed E-state index contributed by atoms with van der Waals surface area (Å²) in [5, 5.41) is 11.8. The van der Waals surface area contributed by atoms with Crippen molar-refractivity contribution >= 4 is 16.8 Å². The lowest BCUT2D eigenvalue weighted by molar-refractivity contribution is -0.144. The lowest BCUT2D eigenvalue weighted by Crippen LogP contribution is -2.58. The zero-order valence-electron chi connectivity index (χ0n) is 16.7. The van der Waals surface area contributed by atoms with Gasteiger partial charge in [-0.15, -0.1) is 0 Å². The van der Waals surface area contributed by atoms with Crippen molar-refractivity contribution in [3.8, 4) is 0 Å². The number of ether oxygens (including phenoxy) is 1. The van der Waals surface area contributed by atoms with Gasteiger partial charge in [0.2, 0.25) is 5.91 Å². The largest absolute Gasteiger partial charge is 0.391 e. The number of likely N-dealkylation sites (tertiary alicyclic amines) is 1. The van der Waals surface area contributed by atoms with Crippen LogP contribution in [0.25, 0.3) is 10.9 Å². The molecule has 1 aromatic carbocycles. The fraction of sp³-hybridized carbons (Fsp3) is 0.545. The summed E-state index contributed by atoms with van der Waals surface area (Å²) < 4.78 is 5.42. The number of hydrogen-bond acceptors (Lipinski definition) is 5. The van der Waals surface area contributed by atoms with Gasteiger partial charge in [-0.3, -0.25) is 14.7 Å². The fourth-order valence-corrected chi connectivity index (χ4v) is 4.48. The van der Waals surface area contributed by atoms with Gasteiger partial charge in [0, 0.05) is 43.7 Å². The number of para-hydroxylation sites is 1. The van der Waals surface area contributed by atoms with Gasteiger partial charge < -0.3 is 14.7 Å². The van der Waals surface area contributed by atoms with Crippen LogP contribution in [0.1, 0.15) is 19.4 Å². The Balaban J connectivity index is 1.47. The molecule has 6 heteroatoms. The maximum absolute atomic E-state index is 13.2. The highest BCUT2D eigenvalue weighted by Crippen LogP contribution is 2.28. The lowest BCUT2D eigenvalue weighted by Gasteiger charge is -2.41. The van der Waals surface area contributed by atoms with Crippen LogP contribution < -0.4 is 0 Å². The number of carbonyl (C=O) groups is 1. The van der Waals surface area contributed by atoms with Gasteiger partial charge in [-0.2, -0.15) is 0 Å². The zero-order chi connectivity index (χ0) is 19.7. The average Bonchev–Trinajstić information content (AvgIpc) is 3.08. The maximum atomic E-state index is 13.2. The molecule has 0 aliphatic carbocycles. The summed E-state index contributed by atoms with van der Waals surface area (Å²) in [6.07, 6.45) is 2.06. The first-order chi connectivity index (χ1) is 13.5. The van der Waals surface area contributed by atoms with Crippen molar-refractivity contribution in [3.05, 3.63) is 42.1 Å². The topological polar surface area (TPSA) is 65.9 Å². The molecule has 0 saturated carbocycles. The lowest BCUT2D eigenvalue weighted by atomic mass is 9.94. The Morgan fingerprint density at radius 2 is 1.96 bits per heavy atom. The summed E-state index contributed by atoms with van der Waals surface area (Å²) in [5.74, 6) is 0.130. The summed E-state index contributed by atoms with van der Waals surface area (Å²) in [5.41, 5.74) is 1.56. The van der Waals surface area contributed by atoms with Gasteiger partial charge in [-0.05, 0) is 38.0 Å². The molecule has 2 saturated heterocycles. The van der Waals surface area contributed by atoms with E-state index in [1.807, 2.05) is 49.2 Å². The van der Waals surface area contributed by atoms with Crippen molar-refractivity contribution in [3.63, 3.8) is 0 Å². The monoisotopic (exact) mass is 383 g/mol. The van der Waals surface area contributed by atoms with Crippen LogP contribution in [-0.4, -0.2) is 76.8 Å².